The minimum atomic E-state index is -0.0729. The van der Waals surface area contributed by atoms with Crippen LogP contribution in [0, 0.1) is 5.92 Å². The third-order valence-electron chi connectivity index (χ3n) is 2.42. The van der Waals surface area contributed by atoms with Crippen molar-refractivity contribution >= 4 is 5.78 Å². The molecule has 0 saturated heterocycles. The third kappa shape index (κ3) is 2.94. The molecule has 1 aromatic rings. The molecule has 0 heterocycles. The van der Waals surface area contributed by atoms with Crippen molar-refractivity contribution in [3.63, 3.8) is 0 Å². The molecule has 1 atom stereocenters. The van der Waals surface area contributed by atoms with Gasteiger partial charge in [0.15, 0.2) is 5.78 Å². The Morgan fingerprint density at radius 3 is 2.80 bits per heavy atom. The summed E-state index contributed by atoms with van der Waals surface area (Å²) < 4.78 is 0. The first-order chi connectivity index (χ1) is 7.16. The third-order valence-corrected chi connectivity index (χ3v) is 2.42. The van der Waals surface area contributed by atoms with Gasteiger partial charge in [-0.2, -0.15) is 0 Å². The van der Waals surface area contributed by atoms with E-state index in [1.54, 1.807) is 24.3 Å². The van der Waals surface area contributed by atoms with Crippen molar-refractivity contribution in [1.82, 2.24) is 0 Å². The number of phenolic OH excluding ortho intramolecular Hbond substituents is 1. The molecule has 80 valence electrons. The van der Waals surface area contributed by atoms with Crippen LogP contribution in [-0.4, -0.2) is 10.9 Å². The molecule has 0 amide bonds. The number of phenols is 1. The van der Waals surface area contributed by atoms with Crippen molar-refractivity contribution in [2.75, 3.05) is 0 Å². The van der Waals surface area contributed by atoms with Crippen LogP contribution in [-0.2, 0) is 0 Å². The predicted octanol–water partition coefficient (Wildman–Crippen LogP) is 3.18. The van der Waals surface area contributed by atoms with Crippen LogP contribution in [0.3, 0.4) is 0 Å². The highest BCUT2D eigenvalue weighted by molar-refractivity contribution is 5.99. The Bertz CT molecular complexity index is 355. The highest BCUT2D eigenvalue weighted by Gasteiger charge is 2.16. The Morgan fingerprint density at radius 2 is 2.20 bits per heavy atom. The van der Waals surface area contributed by atoms with Gasteiger partial charge in [-0.25, -0.2) is 0 Å². The van der Waals surface area contributed by atoms with E-state index in [1.165, 1.54) is 6.07 Å². The van der Waals surface area contributed by atoms with Gasteiger partial charge in [0.1, 0.15) is 5.75 Å². The monoisotopic (exact) mass is 204 g/mol. The minimum absolute atomic E-state index is 0.00468. The molecule has 2 heteroatoms. The Morgan fingerprint density at radius 1 is 1.53 bits per heavy atom. The van der Waals surface area contributed by atoms with Crippen LogP contribution >= 0.6 is 0 Å². The van der Waals surface area contributed by atoms with E-state index in [0.717, 1.165) is 12.8 Å². The molecule has 1 N–H and O–H groups in total. The number of hydrogen-bond donors (Lipinski definition) is 1. The first-order valence-corrected chi connectivity index (χ1v) is 5.10. The number of aromatic hydroxyl groups is 1. The molecule has 0 fully saturated rings. The zero-order chi connectivity index (χ0) is 11.3. The number of carbonyl (C=O) groups excluding carboxylic acids is 1. The molecule has 2 nitrogen and oxygen atoms in total. The van der Waals surface area contributed by atoms with Crippen molar-refractivity contribution in [3.05, 3.63) is 42.5 Å². The normalized spacial score (nSPS) is 12.1. The molecule has 0 radical (unpaired) electrons. The van der Waals surface area contributed by atoms with Crippen molar-refractivity contribution in [2.45, 2.75) is 19.8 Å². The summed E-state index contributed by atoms with van der Waals surface area (Å²) in [5.74, 6) is -0.0146. The molecule has 0 aliphatic rings. The van der Waals surface area contributed by atoms with E-state index in [0.29, 0.717) is 5.56 Å². The lowest BCUT2D eigenvalue weighted by Gasteiger charge is -2.09. The van der Waals surface area contributed by atoms with E-state index in [4.69, 9.17) is 0 Å². The number of rotatable bonds is 5. The van der Waals surface area contributed by atoms with Crippen LogP contribution in [0.2, 0.25) is 0 Å². The molecule has 0 unspecified atom stereocenters. The average molecular weight is 204 g/mol. The topological polar surface area (TPSA) is 37.3 Å². The van der Waals surface area contributed by atoms with Crippen molar-refractivity contribution in [3.8, 4) is 5.75 Å². The van der Waals surface area contributed by atoms with Crippen LogP contribution in [0.5, 0.6) is 5.75 Å². The summed E-state index contributed by atoms with van der Waals surface area (Å²) in [6.45, 7) is 5.49. The van der Waals surface area contributed by atoms with E-state index in [9.17, 15) is 9.90 Å². The van der Waals surface area contributed by atoms with E-state index < -0.39 is 0 Å². The molecule has 15 heavy (non-hydrogen) atoms. The maximum absolute atomic E-state index is 11.9. The quantitative estimate of drug-likeness (QED) is 0.590. The highest BCUT2D eigenvalue weighted by atomic mass is 16.3. The van der Waals surface area contributed by atoms with E-state index >= 15 is 0 Å². The number of hydrogen-bond acceptors (Lipinski definition) is 2. The Balaban J connectivity index is 2.76. The minimum Gasteiger partial charge on any atom is -0.507 e. The molecule has 0 saturated carbocycles. The number of carbonyl (C=O) groups is 1. The van der Waals surface area contributed by atoms with Gasteiger partial charge in [-0.1, -0.05) is 25.1 Å². The second-order valence-electron chi connectivity index (χ2n) is 3.65. The summed E-state index contributed by atoms with van der Waals surface area (Å²) in [4.78, 5) is 11.9. The van der Waals surface area contributed by atoms with Crippen LogP contribution in [0.1, 0.15) is 30.1 Å². The van der Waals surface area contributed by atoms with Gasteiger partial charge in [-0.05, 0) is 25.0 Å². The summed E-state index contributed by atoms with van der Waals surface area (Å²) in [6, 6.07) is 6.66. The van der Waals surface area contributed by atoms with E-state index in [2.05, 4.69) is 6.58 Å². The zero-order valence-electron chi connectivity index (χ0n) is 8.94. The molecule has 0 aromatic heterocycles. The number of allylic oxidation sites excluding steroid dienone is 1. The lowest BCUT2D eigenvalue weighted by Crippen LogP contribution is -2.11. The molecular formula is C13H16O2. The first kappa shape index (κ1) is 11.5. The van der Waals surface area contributed by atoms with Gasteiger partial charge >= 0.3 is 0 Å². The number of para-hydroxylation sites is 1. The van der Waals surface area contributed by atoms with Gasteiger partial charge in [0.05, 0.1) is 5.56 Å². The molecule has 0 bridgehead atoms. The van der Waals surface area contributed by atoms with Gasteiger partial charge in [0, 0.05) is 5.92 Å². The largest absolute Gasteiger partial charge is 0.507 e. The summed E-state index contributed by atoms with van der Waals surface area (Å²) in [6.07, 6.45) is 3.39. The standard InChI is InChI=1S/C13H16O2/c1-3-4-7-10(2)13(15)11-8-5-6-9-12(11)14/h3,5-6,8-10,14H,1,4,7H2,2H3/t10-/m0/s1. The summed E-state index contributed by atoms with van der Waals surface area (Å²) in [7, 11) is 0. The van der Waals surface area contributed by atoms with Gasteiger partial charge in [-0.15, -0.1) is 6.58 Å². The van der Waals surface area contributed by atoms with Crippen LogP contribution < -0.4 is 0 Å². The number of ketones is 1. The highest BCUT2D eigenvalue weighted by Crippen LogP contribution is 2.21. The fourth-order valence-electron chi connectivity index (χ4n) is 1.45. The first-order valence-electron chi connectivity index (χ1n) is 5.10. The van der Waals surface area contributed by atoms with Gasteiger partial charge in [0.25, 0.3) is 0 Å². The summed E-state index contributed by atoms with van der Waals surface area (Å²) in [5, 5.41) is 9.51. The van der Waals surface area contributed by atoms with Crippen LogP contribution in [0.4, 0.5) is 0 Å². The second-order valence-corrected chi connectivity index (χ2v) is 3.65. The molecule has 0 spiro atoms. The van der Waals surface area contributed by atoms with Crippen LogP contribution in [0.25, 0.3) is 0 Å². The van der Waals surface area contributed by atoms with E-state index in [1.807, 2.05) is 6.92 Å². The van der Waals surface area contributed by atoms with E-state index in [-0.39, 0.29) is 17.5 Å². The lowest BCUT2D eigenvalue weighted by atomic mass is 9.94. The van der Waals surface area contributed by atoms with Gasteiger partial charge in [0.2, 0.25) is 0 Å². The lowest BCUT2D eigenvalue weighted by molar-refractivity contribution is 0.0922. The van der Waals surface area contributed by atoms with Crippen molar-refractivity contribution in [2.24, 2.45) is 5.92 Å². The molecule has 0 aliphatic heterocycles. The maximum Gasteiger partial charge on any atom is 0.169 e. The predicted molar refractivity (Wildman–Crippen MR) is 61.0 cm³/mol. The smallest absolute Gasteiger partial charge is 0.169 e. The Hall–Kier alpha value is -1.57. The van der Waals surface area contributed by atoms with Crippen molar-refractivity contribution in [1.29, 1.82) is 0 Å². The van der Waals surface area contributed by atoms with Gasteiger partial charge < -0.3 is 5.11 Å². The molecule has 0 aliphatic carbocycles. The van der Waals surface area contributed by atoms with Gasteiger partial charge in [-0.3, -0.25) is 4.79 Å². The summed E-state index contributed by atoms with van der Waals surface area (Å²) in [5.41, 5.74) is 0.411. The molecular weight excluding hydrogens is 188 g/mol. The average Bonchev–Trinajstić information content (AvgIpc) is 2.25. The maximum atomic E-state index is 11.9. The second kappa shape index (κ2) is 5.35. The zero-order valence-corrected chi connectivity index (χ0v) is 8.94. The SMILES string of the molecule is C=CCC[C@H](C)C(=O)c1ccccc1O. The number of Topliss-reactive ketones (excluding diaryl/α,β-unsaturated/α-hetero) is 1. The Kier molecular flexibility index (Phi) is 4.10. The number of benzene rings is 1. The fraction of sp³-hybridized carbons (Fsp3) is 0.308. The molecule has 1 rings (SSSR count). The fourth-order valence-corrected chi connectivity index (χ4v) is 1.45. The van der Waals surface area contributed by atoms with Crippen LogP contribution in [0.15, 0.2) is 36.9 Å². The summed E-state index contributed by atoms with van der Waals surface area (Å²) >= 11 is 0. The molecule has 1 aromatic carbocycles. The van der Waals surface area contributed by atoms with Crippen molar-refractivity contribution < 1.29 is 9.90 Å². The Labute approximate surface area is 90.3 Å².